The van der Waals surface area contributed by atoms with Crippen LogP contribution in [0.3, 0.4) is 0 Å². The van der Waals surface area contributed by atoms with Gasteiger partial charge in [-0.2, -0.15) is 4.72 Å². The Balaban J connectivity index is 1.67. The number of fused-ring (bicyclic) bond motifs is 1. The van der Waals surface area contributed by atoms with E-state index >= 15 is 0 Å². The lowest BCUT2D eigenvalue weighted by molar-refractivity contribution is -0.123. The largest absolute Gasteiger partial charge is 0.490 e. The molecule has 2 aromatic rings. The van der Waals surface area contributed by atoms with Gasteiger partial charge in [0, 0.05) is 19.0 Å². The number of amides is 1. The Kier molecular flexibility index (Phi) is 7.50. The van der Waals surface area contributed by atoms with Crippen LogP contribution in [0.1, 0.15) is 25.8 Å². The molecule has 0 bridgehead atoms. The van der Waals surface area contributed by atoms with E-state index in [0.29, 0.717) is 43.1 Å². The smallest absolute Gasteiger partial charge is 0.241 e. The van der Waals surface area contributed by atoms with Gasteiger partial charge < -0.3 is 14.8 Å². The molecule has 0 saturated carbocycles. The second-order valence-electron chi connectivity index (χ2n) is 7.63. The molecular formula is C22H27FN2O5S. The van der Waals surface area contributed by atoms with E-state index in [4.69, 9.17) is 9.47 Å². The third-order valence-electron chi connectivity index (χ3n) is 4.91. The molecule has 1 atom stereocenters. The molecule has 2 N–H and O–H groups in total. The molecule has 1 aliphatic rings. The van der Waals surface area contributed by atoms with Gasteiger partial charge in [-0.15, -0.1) is 0 Å². The van der Waals surface area contributed by atoms with Crippen LogP contribution < -0.4 is 19.5 Å². The van der Waals surface area contributed by atoms with Crippen molar-refractivity contribution in [3.05, 3.63) is 53.8 Å². The van der Waals surface area contributed by atoms with Gasteiger partial charge in [0.05, 0.1) is 18.1 Å². The highest BCUT2D eigenvalue weighted by Gasteiger charge is 2.29. The third kappa shape index (κ3) is 5.95. The Morgan fingerprint density at radius 2 is 1.81 bits per heavy atom. The van der Waals surface area contributed by atoms with E-state index in [-0.39, 0.29) is 23.2 Å². The first-order chi connectivity index (χ1) is 14.8. The number of benzene rings is 2. The van der Waals surface area contributed by atoms with Crippen LogP contribution in [0, 0.1) is 11.7 Å². The van der Waals surface area contributed by atoms with Gasteiger partial charge in [-0.05, 0) is 36.1 Å². The lowest BCUT2D eigenvalue weighted by Crippen LogP contribution is -2.49. The summed E-state index contributed by atoms with van der Waals surface area (Å²) in [4.78, 5) is 12.7. The summed E-state index contributed by atoms with van der Waals surface area (Å²) in [5, 5.41) is 2.69. The Bertz CT molecular complexity index is 1030. The summed E-state index contributed by atoms with van der Waals surface area (Å²) in [6, 6.07) is 9.71. The lowest BCUT2D eigenvalue weighted by atomic mass is 10.0. The third-order valence-corrected chi connectivity index (χ3v) is 6.35. The van der Waals surface area contributed by atoms with Crippen molar-refractivity contribution in [2.24, 2.45) is 5.92 Å². The summed E-state index contributed by atoms with van der Waals surface area (Å²) < 4.78 is 53.2. The van der Waals surface area contributed by atoms with E-state index in [1.165, 1.54) is 18.2 Å². The zero-order valence-corrected chi connectivity index (χ0v) is 18.4. The molecule has 0 aliphatic carbocycles. The molecule has 2 aromatic carbocycles. The summed E-state index contributed by atoms with van der Waals surface area (Å²) in [5.41, 5.74) is 0.483. The molecule has 0 aromatic heterocycles. The van der Waals surface area contributed by atoms with Crippen molar-refractivity contribution in [3.63, 3.8) is 0 Å². The summed E-state index contributed by atoms with van der Waals surface area (Å²) in [6.07, 6.45) is 1.01. The van der Waals surface area contributed by atoms with E-state index in [1.54, 1.807) is 38.1 Å². The minimum absolute atomic E-state index is 0.0124. The summed E-state index contributed by atoms with van der Waals surface area (Å²) in [5.74, 6) is -0.265. The number of rotatable bonds is 8. The summed E-state index contributed by atoms with van der Waals surface area (Å²) in [6.45, 7) is 4.62. The van der Waals surface area contributed by atoms with Crippen molar-refractivity contribution in [1.29, 1.82) is 0 Å². The quantitative estimate of drug-likeness (QED) is 0.645. The molecule has 0 saturated heterocycles. The van der Waals surface area contributed by atoms with Gasteiger partial charge in [-0.25, -0.2) is 12.8 Å². The minimum atomic E-state index is -3.99. The average molecular weight is 451 g/mol. The Hall–Kier alpha value is -2.65. The highest BCUT2D eigenvalue weighted by Crippen LogP contribution is 2.32. The van der Waals surface area contributed by atoms with Crippen molar-refractivity contribution in [2.45, 2.75) is 37.6 Å². The van der Waals surface area contributed by atoms with Crippen LogP contribution in [-0.4, -0.2) is 40.1 Å². The molecule has 1 unspecified atom stereocenters. The maximum absolute atomic E-state index is 13.7. The molecule has 1 heterocycles. The molecule has 0 fully saturated rings. The van der Waals surface area contributed by atoms with Gasteiger partial charge in [0.2, 0.25) is 15.9 Å². The predicted molar refractivity (Wildman–Crippen MR) is 114 cm³/mol. The maximum atomic E-state index is 13.7. The fourth-order valence-electron chi connectivity index (χ4n) is 3.17. The van der Waals surface area contributed by atoms with Crippen molar-refractivity contribution in [2.75, 3.05) is 19.8 Å². The average Bonchev–Trinajstić information content (AvgIpc) is 2.98. The van der Waals surface area contributed by atoms with E-state index in [0.717, 1.165) is 0 Å². The lowest BCUT2D eigenvalue weighted by Gasteiger charge is -2.22. The van der Waals surface area contributed by atoms with E-state index in [2.05, 4.69) is 10.0 Å². The molecular weight excluding hydrogens is 423 g/mol. The van der Waals surface area contributed by atoms with Gasteiger partial charge in [0.1, 0.15) is 11.9 Å². The number of hydrogen-bond donors (Lipinski definition) is 2. The monoisotopic (exact) mass is 450 g/mol. The number of hydrogen-bond acceptors (Lipinski definition) is 5. The molecule has 168 valence electrons. The highest BCUT2D eigenvalue weighted by atomic mass is 32.2. The van der Waals surface area contributed by atoms with E-state index in [9.17, 15) is 17.6 Å². The molecule has 1 aliphatic heterocycles. The van der Waals surface area contributed by atoms with Crippen molar-refractivity contribution in [3.8, 4) is 11.5 Å². The van der Waals surface area contributed by atoms with Crippen molar-refractivity contribution >= 4 is 15.9 Å². The number of ether oxygens (including phenoxy) is 2. The summed E-state index contributed by atoms with van der Waals surface area (Å²) in [7, 11) is -3.99. The second-order valence-corrected chi connectivity index (χ2v) is 9.35. The zero-order valence-electron chi connectivity index (χ0n) is 17.6. The maximum Gasteiger partial charge on any atom is 0.241 e. The Morgan fingerprint density at radius 1 is 1.10 bits per heavy atom. The van der Waals surface area contributed by atoms with Crippen LogP contribution >= 0.6 is 0 Å². The van der Waals surface area contributed by atoms with Crippen LogP contribution in [-0.2, 0) is 21.2 Å². The SMILES string of the molecule is CC(C)C(NS(=O)(=O)c1ccc2c(c1)OCCCO2)C(=O)NCCc1ccccc1F. The fraction of sp³-hybridized carbons (Fsp3) is 0.409. The number of nitrogens with one attached hydrogen (secondary N) is 2. The first kappa shape index (κ1) is 23.0. The minimum Gasteiger partial charge on any atom is -0.490 e. The first-order valence-electron chi connectivity index (χ1n) is 10.2. The number of sulfonamides is 1. The molecule has 7 nitrogen and oxygen atoms in total. The van der Waals surface area contributed by atoms with Gasteiger partial charge in [0.25, 0.3) is 0 Å². The highest BCUT2D eigenvalue weighted by molar-refractivity contribution is 7.89. The molecule has 3 rings (SSSR count). The second kappa shape index (κ2) is 10.1. The topological polar surface area (TPSA) is 93.7 Å². The standard InChI is InChI=1S/C22H27FN2O5S/c1-15(2)21(22(26)24-11-10-16-6-3-4-7-18(16)23)25-31(27,28)17-8-9-19-20(14-17)30-13-5-12-29-19/h3-4,6-9,14-15,21,25H,5,10-13H2,1-2H3,(H,24,26). The fourth-order valence-corrected chi connectivity index (χ4v) is 4.53. The van der Waals surface area contributed by atoms with Crippen molar-refractivity contribution < 1.29 is 27.1 Å². The van der Waals surface area contributed by atoms with E-state index < -0.39 is 22.0 Å². The normalized spacial score (nSPS) is 14.7. The first-order valence-corrected chi connectivity index (χ1v) is 11.7. The molecule has 9 heteroatoms. The van der Waals surface area contributed by atoms with Gasteiger partial charge in [0.15, 0.2) is 11.5 Å². The van der Waals surface area contributed by atoms with Crippen molar-refractivity contribution in [1.82, 2.24) is 10.0 Å². The van der Waals surface area contributed by atoms with Crippen LogP contribution in [0.5, 0.6) is 11.5 Å². The number of carbonyl (C=O) groups excluding carboxylic acids is 1. The number of carbonyl (C=O) groups is 1. The molecule has 31 heavy (non-hydrogen) atoms. The van der Waals surface area contributed by atoms with Crippen LogP contribution in [0.2, 0.25) is 0 Å². The van der Waals surface area contributed by atoms with E-state index in [1.807, 2.05) is 0 Å². The molecule has 0 spiro atoms. The van der Waals surface area contributed by atoms with Gasteiger partial charge in [-0.1, -0.05) is 32.0 Å². The predicted octanol–water partition coefficient (Wildman–Crippen LogP) is 2.65. The molecule has 1 amide bonds. The number of halogens is 1. The van der Waals surface area contributed by atoms with Crippen LogP contribution in [0.15, 0.2) is 47.4 Å². The van der Waals surface area contributed by atoms with Gasteiger partial charge >= 0.3 is 0 Å². The Morgan fingerprint density at radius 3 is 2.52 bits per heavy atom. The zero-order chi connectivity index (χ0) is 22.4. The van der Waals surface area contributed by atoms with Crippen LogP contribution in [0.25, 0.3) is 0 Å². The molecule has 0 radical (unpaired) electrons. The summed E-state index contributed by atoms with van der Waals surface area (Å²) >= 11 is 0. The van der Waals surface area contributed by atoms with Crippen LogP contribution in [0.4, 0.5) is 4.39 Å². The van der Waals surface area contributed by atoms with Gasteiger partial charge in [-0.3, -0.25) is 4.79 Å². The Labute approximate surface area is 182 Å².